The lowest BCUT2D eigenvalue weighted by Crippen LogP contribution is -2.29. The van der Waals surface area contributed by atoms with Crippen molar-refractivity contribution >= 4 is 11.6 Å². The van der Waals surface area contributed by atoms with Gasteiger partial charge in [-0.3, -0.25) is 9.59 Å². The first-order valence-corrected chi connectivity index (χ1v) is 8.15. The van der Waals surface area contributed by atoms with E-state index in [2.05, 4.69) is 10.4 Å². The number of anilines is 1. The van der Waals surface area contributed by atoms with Crippen molar-refractivity contribution in [3.8, 4) is 17.0 Å². The van der Waals surface area contributed by atoms with Gasteiger partial charge in [-0.15, -0.1) is 0 Å². The zero-order valence-electron chi connectivity index (χ0n) is 14.6. The van der Waals surface area contributed by atoms with Crippen molar-refractivity contribution in [3.63, 3.8) is 0 Å². The number of benzene rings is 2. The van der Waals surface area contributed by atoms with Crippen LogP contribution in [-0.4, -0.2) is 22.8 Å². The lowest BCUT2D eigenvalue weighted by molar-refractivity contribution is -0.117. The lowest BCUT2D eigenvalue weighted by Gasteiger charge is -2.10. The van der Waals surface area contributed by atoms with Crippen LogP contribution < -0.4 is 15.6 Å². The van der Waals surface area contributed by atoms with Crippen LogP contribution in [0.3, 0.4) is 0 Å². The maximum atomic E-state index is 12.3. The van der Waals surface area contributed by atoms with E-state index in [1.54, 1.807) is 37.4 Å². The molecule has 0 aliphatic heterocycles. The Balaban J connectivity index is 1.81. The van der Waals surface area contributed by atoms with E-state index in [9.17, 15) is 9.59 Å². The number of rotatable bonds is 5. The van der Waals surface area contributed by atoms with Crippen LogP contribution in [0.15, 0.2) is 65.5 Å². The van der Waals surface area contributed by atoms with E-state index in [0.717, 1.165) is 15.8 Å². The summed E-state index contributed by atoms with van der Waals surface area (Å²) in [5, 5.41) is 7.08. The first kappa shape index (κ1) is 17.4. The Morgan fingerprint density at radius 2 is 1.92 bits per heavy atom. The Hall–Kier alpha value is -3.41. The lowest BCUT2D eigenvalue weighted by atomic mass is 10.1. The average molecular weight is 349 g/mol. The number of nitrogens with zero attached hydrogens (tertiary/aromatic N) is 2. The van der Waals surface area contributed by atoms with E-state index in [0.29, 0.717) is 17.1 Å². The normalized spacial score (nSPS) is 10.4. The molecule has 0 aliphatic carbocycles. The number of carbonyl (C=O) groups excluding carboxylic acids is 1. The van der Waals surface area contributed by atoms with Crippen molar-refractivity contribution < 1.29 is 9.53 Å². The van der Waals surface area contributed by atoms with Crippen LogP contribution in [0.4, 0.5) is 5.69 Å². The molecule has 0 radical (unpaired) electrons. The van der Waals surface area contributed by atoms with Crippen molar-refractivity contribution in [2.45, 2.75) is 13.5 Å². The van der Waals surface area contributed by atoms with Gasteiger partial charge in [0, 0.05) is 23.4 Å². The van der Waals surface area contributed by atoms with Crippen molar-refractivity contribution in [2.75, 3.05) is 12.4 Å². The Morgan fingerprint density at radius 3 is 2.69 bits per heavy atom. The van der Waals surface area contributed by atoms with Gasteiger partial charge >= 0.3 is 0 Å². The summed E-state index contributed by atoms with van der Waals surface area (Å²) in [6.45, 7) is 1.80. The number of nitrogens with one attached hydrogen (secondary N) is 1. The van der Waals surface area contributed by atoms with Gasteiger partial charge in [0.15, 0.2) is 0 Å². The van der Waals surface area contributed by atoms with Gasteiger partial charge in [0.1, 0.15) is 12.3 Å². The number of carbonyl (C=O) groups is 1. The number of aromatic nitrogens is 2. The fraction of sp³-hybridized carbons (Fsp3) is 0.150. The van der Waals surface area contributed by atoms with Gasteiger partial charge < -0.3 is 10.1 Å². The predicted molar refractivity (Wildman–Crippen MR) is 100 cm³/mol. The molecule has 1 N–H and O–H groups in total. The predicted octanol–water partition coefficient (Wildman–Crippen LogP) is 2.87. The molecule has 26 heavy (non-hydrogen) atoms. The molecule has 1 heterocycles. The second-order valence-corrected chi connectivity index (χ2v) is 5.81. The molecule has 0 saturated carbocycles. The Kier molecular flexibility index (Phi) is 5.12. The van der Waals surface area contributed by atoms with Crippen LogP contribution in [0.2, 0.25) is 0 Å². The zero-order valence-corrected chi connectivity index (χ0v) is 14.6. The summed E-state index contributed by atoms with van der Waals surface area (Å²) < 4.78 is 6.29. The molecule has 1 amide bonds. The highest BCUT2D eigenvalue weighted by Crippen LogP contribution is 2.19. The molecule has 0 spiro atoms. The van der Waals surface area contributed by atoms with Gasteiger partial charge in [-0.25, -0.2) is 4.68 Å². The maximum absolute atomic E-state index is 12.3. The van der Waals surface area contributed by atoms with E-state index in [4.69, 9.17) is 4.74 Å². The summed E-state index contributed by atoms with van der Waals surface area (Å²) in [7, 11) is 1.56. The smallest absolute Gasteiger partial charge is 0.267 e. The molecule has 0 fully saturated rings. The minimum Gasteiger partial charge on any atom is -0.497 e. The third-order valence-electron chi connectivity index (χ3n) is 3.93. The van der Waals surface area contributed by atoms with Crippen LogP contribution in [0.5, 0.6) is 5.75 Å². The third-order valence-corrected chi connectivity index (χ3v) is 3.93. The fourth-order valence-corrected chi connectivity index (χ4v) is 2.60. The second kappa shape index (κ2) is 7.65. The average Bonchev–Trinajstić information content (AvgIpc) is 2.64. The molecule has 0 saturated heterocycles. The number of amides is 1. The number of hydrogen-bond acceptors (Lipinski definition) is 4. The topological polar surface area (TPSA) is 73.2 Å². The molecule has 0 bridgehead atoms. The van der Waals surface area contributed by atoms with Crippen LogP contribution >= 0.6 is 0 Å². The highest BCUT2D eigenvalue weighted by atomic mass is 16.5. The SMILES string of the molecule is COc1cccc(NC(=O)Cn2nc(-c3ccccc3C)ccc2=O)c1. The summed E-state index contributed by atoms with van der Waals surface area (Å²) in [6, 6.07) is 17.9. The first-order chi connectivity index (χ1) is 12.6. The van der Waals surface area contributed by atoms with Gasteiger partial charge in [0.2, 0.25) is 5.91 Å². The van der Waals surface area contributed by atoms with Gasteiger partial charge in [0.05, 0.1) is 12.8 Å². The van der Waals surface area contributed by atoms with Crippen LogP contribution in [0.25, 0.3) is 11.3 Å². The molecule has 0 aliphatic rings. The highest BCUT2D eigenvalue weighted by Gasteiger charge is 2.10. The van der Waals surface area contributed by atoms with E-state index in [1.807, 2.05) is 31.2 Å². The molecule has 132 valence electrons. The molecule has 1 aromatic heterocycles. The molecule has 6 heteroatoms. The Morgan fingerprint density at radius 1 is 1.12 bits per heavy atom. The molecule has 0 unspecified atom stereocenters. The second-order valence-electron chi connectivity index (χ2n) is 5.81. The summed E-state index contributed by atoms with van der Waals surface area (Å²) >= 11 is 0. The van der Waals surface area contributed by atoms with Crippen molar-refractivity contribution in [2.24, 2.45) is 0 Å². The Bertz CT molecular complexity index is 995. The van der Waals surface area contributed by atoms with E-state index in [1.165, 1.54) is 6.07 Å². The number of aryl methyl sites for hydroxylation is 1. The number of ether oxygens (including phenoxy) is 1. The van der Waals surface area contributed by atoms with Gasteiger partial charge in [0.25, 0.3) is 5.56 Å². The molecule has 2 aromatic carbocycles. The van der Waals surface area contributed by atoms with Crippen molar-refractivity contribution in [1.82, 2.24) is 9.78 Å². The number of methoxy groups -OCH3 is 1. The van der Waals surface area contributed by atoms with Gasteiger partial charge in [-0.2, -0.15) is 5.10 Å². The molecule has 3 aromatic rings. The van der Waals surface area contributed by atoms with Gasteiger partial charge in [-0.1, -0.05) is 30.3 Å². The largest absolute Gasteiger partial charge is 0.497 e. The fourth-order valence-electron chi connectivity index (χ4n) is 2.60. The monoisotopic (exact) mass is 349 g/mol. The minimum absolute atomic E-state index is 0.171. The molecule has 0 atom stereocenters. The van der Waals surface area contributed by atoms with Crippen LogP contribution in [0.1, 0.15) is 5.56 Å². The van der Waals surface area contributed by atoms with Crippen molar-refractivity contribution in [3.05, 3.63) is 76.6 Å². The molecule has 3 rings (SSSR count). The molecule has 6 nitrogen and oxygen atoms in total. The number of hydrogen-bond donors (Lipinski definition) is 1. The Labute approximate surface area is 151 Å². The molecular formula is C20H19N3O3. The standard InChI is InChI=1S/C20H19N3O3/c1-14-6-3-4-9-17(14)18-10-11-20(25)23(22-18)13-19(24)21-15-7-5-8-16(12-15)26-2/h3-12H,13H2,1-2H3,(H,21,24). The third kappa shape index (κ3) is 3.97. The summed E-state index contributed by atoms with van der Waals surface area (Å²) in [5.74, 6) is 0.300. The van der Waals surface area contributed by atoms with E-state index < -0.39 is 0 Å². The zero-order chi connectivity index (χ0) is 18.5. The quantitative estimate of drug-likeness (QED) is 0.769. The first-order valence-electron chi connectivity index (χ1n) is 8.15. The summed E-state index contributed by atoms with van der Waals surface area (Å²) in [4.78, 5) is 24.4. The summed E-state index contributed by atoms with van der Waals surface area (Å²) in [6.07, 6.45) is 0. The van der Waals surface area contributed by atoms with Gasteiger partial charge in [-0.05, 0) is 30.7 Å². The van der Waals surface area contributed by atoms with Crippen LogP contribution in [0, 0.1) is 6.92 Å². The highest BCUT2D eigenvalue weighted by molar-refractivity contribution is 5.90. The maximum Gasteiger partial charge on any atom is 0.267 e. The van der Waals surface area contributed by atoms with Crippen LogP contribution in [-0.2, 0) is 11.3 Å². The van der Waals surface area contributed by atoms with E-state index in [-0.39, 0.29) is 18.0 Å². The van der Waals surface area contributed by atoms with Crippen molar-refractivity contribution in [1.29, 1.82) is 0 Å². The molecular weight excluding hydrogens is 330 g/mol. The minimum atomic E-state index is -0.338. The summed E-state index contributed by atoms with van der Waals surface area (Å²) in [5.41, 5.74) is 2.89. The van der Waals surface area contributed by atoms with E-state index >= 15 is 0 Å².